The first-order chi connectivity index (χ1) is 9.30. The first-order valence-electron chi connectivity index (χ1n) is 6.07. The molecule has 1 aromatic heterocycles. The highest BCUT2D eigenvalue weighted by atomic mass is 19.4. The molecule has 1 saturated heterocycles. The van der Waals surface area contributed by atoms with Gasteiger partial charge in [0.05, 0.1) is 24.8 Å². The number of anilines is 1. The minimum atomic E-state index is -4.53. The van der Waals surface area contributed by atoms with Crippen molar-refractivity contribution < 1.29 is 17.9 Å². The Labute approximate surface area is 114 Å². The number of nitrogens with one attached hydrogen (secondary N) is 1. The molecule has 0 radical (unpaired) electrons. The van der Waals surface area contributed by atoms with Gasteiger partial charge in [-0.15, -0.1) is 0 Å². The molecule has 0 aromatic carbocycles. The molecule has 5 nitrogen and oxygen atoms in total. The molecule has 1 atom stereocenters. The van der Waals surface area contributed by atoms with Crippen molar-refractivity contribution >= 4 is 11.7 Å². The quantitative estimate of drug-likeness (QED) is 0.640. The zero-order valence-electron chi connectivity index (χ0n) is 10.9. The molecule has 2 rings (SSSR count). The molecule has 110 valence electrons. The molecular formula is C12H15F3N4O. The Balaban J connectivity index is 2.49. The minimum absolute atomic E-state index is 0.0862. The molecule has 3 N–H and O–H groups in total. The molecule has 0 spiro atoms. The summed E-state index contributed by atoms with van der Waals surface area (Å²) < 4.78 is 43.6. The van der Waals surface area contributed by atoms with Gasteiger partial charge in [-0.25, -0.2) is 4.98 Å². The van der Waals surface area contributed by atoms with Crippen LogP contribution in [0.3, 0.4) is 0 Å². The van der Waals surface area contributed by atoms with Gasteiger partial charge < -0.3 is 15.4 Å². The van der Waals surface area contributed by atoms with Crippen LogP contribution in [0.15, 0.2) is 12.1 Å². The van der Waals surface area contributed by atoms with Crippen molar-refractivity contribution in [2.45, 2.75) is 19.1 Å². The Kier molecular flexibility index (Phi) is 3.85. The van der Waals surface area contributed by atoms with Crippen molar-refractivity contribution in [3.8, 4) is 0 Å². The van der Waals surface area contributed by atoms with Gasteiger partial charge in [0.15, 0.2) is 0 Å². The number of ether oxygens (including phenoxy) is 1. The van der Waals surface area contributed by atoms with Crippen LogP contribution in [0.1, 0.15) is 18.2 Å². The van der Waals surface area contributed by atoms with Crippen molar-refractivity contribution in [1.29, 1.82) is 5.41 Å². The third kappa shape index (κ3) is 2.84. The number of aromatic nitrogens is 1. The largest absolute Gasteiger partial charge is 0.433 e. The van der Waals surface area contributed by atoms with E-state index < -0.39 is 11.9 Å². The molecule has 8 heteroatoms. The third-order valence-corrected chi connectivity index (χ3v) is 3.10. The van der Waals surface area contributed by atoms with E-state index in [9.17, 15) is 13.2 Å². The number of nitrogens with zero attached hydrogens (tertiary/aromatic N) is 2. The second-order valence-corrected chi connectivity index (χ2v) is 4.60. The van der Waals surface area contributed by atoms with Gasteiger partial charge >= 0.3 is 6.18 Å². The SMILES string of the molecule is CC1COCCN1c1nc(C(F)(F)F)ccc1C(=N)N. The number of amidine groups is 1. The van der Waals surface area contributed by atoms with E-state index in [2.05, 4.69) is 4.98 Å². The third-order valence-electron chi connectivity index (χ3n) is 3.10. The predicted octanol–water partition coefficient (Wildman–Crippen LogP) is 1.61. The summed E-state index contributed by atoms with van der Waals surface area (Å²) >= 11 is 0. The van der Waals surface area contributed by atoms with Crippen LogP contribution in [0.25, 0.3) is 0 Å². The average molecular weight is 288 g/mol. The molecule has 0 saturated carbocycles. The Bertz CT molecular complexity index is 518. The smallest absolute Gasteiger partial charge is 0.384 e. The molecule has 20 heavy (non-hydrogen) atoms. The van der Waals surface area contributed by atoms with E-state index in [-0.39, 0.29) is 23.3 Å². The second kappa shape index (κ2) is 5.28. The summed E-state index contributed by atoms with van der Waals surface area (Å²) in [5.74, 6) is -0.219. The molecular weight excluding hydrogens is 273 g/mol. The minimum Gasteiger partial charge on any atom is -0.384 e. The first-order valence-corrected chi connectivity index (χ1v) is 6.07. The van der Waals surface area contributed by atoms with Crippen LogP contribution < -0.4 is 10.6 Å². The zero-order valence-corrected chi connectivity index (χ0v) is 10.9. The molecule has 2 heterocycles. The monoisotopic (exact) mass is 288 g/mol. The van der Waals surface area contributed by atoms with Gasteiger partial charge in [0.25, 0.3) is 0 Å². The van der Waals surface area contributed by atoms with E-state index in [1.807, 2.05) is 6.92 Å². The van der Waals surface area contributed by atoms with Crippen molar-refractivity contribution in [2.75, 3.05) is 24.7 Å². The highest BCUT2D eigenvalue weighted by Crippen LogP contribution is 2.31. The van der Waals surface area contributed by atoms with Crippen molar-refractivity contribution in [1.82, 2.24) is 4.98 Å². The summed E-state index contributed by atoms with van der Waals surface area (Å²) in [5, 5.41) is 7.49. The highest BCUT2D eigenvalue weighted by molar-refractivity contribution is 5.99. The number of nitrogen functional groups attached to an aromatic ring is 1. The van der Waals surface area contributed by atoms with Gasteiger partial charge in [-0.3, -0.25) is 5.41 Å². The average Bonchev–Trinajstić information content (AvgIpc) is 2.37. The lowest BCUT2D eigenvalue weighted by Crippen LogP contribution is -2.45. The Morgan fingerprint density at radius 2 is 2.20 bits per heavy atom. The van der Waals surface area contributed by atoms with Crippen LogP contribution in [0.5, 0.6) is 0 Å². The van der Waals surface area contributed by atoms with Crippen molar-refractivity contribution in [3.63, 3.8) is 0 Å². The van der Waals surface area contributed by atoms with Crippen LogP contribution in [-0.2, 0) is 10.9 Å². The molecule has 1 fully saturated rings. The van der Waals surface area contributed by atoms with E-state index in [0.717, 1.165) is 6.07 Å². The summed E-state index contributed by atoms with van der Waals surface area (Å²) in [5.41, 5.74) is 4.64. The van der Waals surface area contributed by atoms with Crippen LogP contribution >= 0.6 is 0 Å². The first kappa shape index (κ1) is 14.6. The lowest BCUT2D eigenvalue weighted by molar-refractivity contribution is -0.141. The van der Waals surface area contributed by atoms with Crippen LogP contribution in [-0.4, -0.2) is 36.6 Å². The molecule has 1 unspecified atom stereocenters. The van der Waals surface area contributed by atoms with E-state index in [1.165, 1.54) is 6.07 Å². The fraction of sp³-hybridized carbons (Fsp3) is 0.500. The van der Waals surface area contributed by atoms with Gasteiger partial charge in [0.1, 0.15) is 17.3 Å². The van der Waals surface area contributed by atoms with E-state index >= 15 is 0 Å². The van der Waals surface area contributed by atoms with Crippen LogP contribution in [0.4, 0.5) is 19.0 Å². The normalized spacial score (nSPS) is 20.0. The van der Waals surface area contributed by atoms with Gasteiger partial charge in [0, 0.05) is 6.54 Å². The Hall–Kier alpha value is -1.83. The standard InChI is InChI=1S/C12H15F3N4O/c1-7-6-20-5-4-19(7)11-8(10(16)17)2-3-9(18-11)12(13,14)15/h2-3,7H,4-6H2,1H3,(H3,16,17). The number of alkyl halides is 3. The molecule has 1 aliphatic rings. The van der Waals surface area contributed by atoms with Crippen LogP contribution in [0, 0.1) is 5.41 Å². The van der Waals surface area contributed by atoms with Gasteiger partial charge in [-0.2, -0.15) is 13.2 Å². The summed E-state index contributed by atoms with van der Waals surface area (Å²) in [7, 11) is 0. The van der Waals surface area contributed by atoms with Gasteiger partial charge in [0.2, 0.25) is 0 Å². The number of hydrogen-bond acceptors (Lipinski definition) is 4. The lowest BCUT2D eigenvalue weighted by Gasteiger charge is -2.35. The number of nitrogens with two attached hydrogens (primary N) is 1. The number of pyridine rings is 1. The van der Waals surface area contributed by atoms with E-state index in [1.54, 1.807) is 4.90 Å². The predicted molar refractivity (Wildman–Crippen MR) is 67.9 cm³/mol. The molecule has 1 aliphatic heterocycles. The second-order valence-electron chi connectivity index (χ2n) is 4.60. The zero-order chi connectivity index (χ0) is 14.9. The number of morpholine rings is 1. The van der Waals surface area contributed by atoms with E-state index in [0.29, 0.717) is 19.8 Å². The lowest BCUT2D eigenvalue weighted by atomic mass is 10.1. The number of hydrogen-bond donors (Lipinski definition) is 2. The highest BCUT2D eigenvalue weighted by Gasteiger charge is 2.34. The Morgan fingerprint density at radius 3 is 2.75 bits per heavy atom. The fourth-order valence-corrected chi connectivity index (χ4v) is 2.08. The summed E-state index contributed by atoms with van der Waals surface area (Å²) in [4.78, 5) is 5.35. The molecule has 0 amide bonds. The fourth-order valence-electron chi connectivity index (χ4n) is 2.08. The van der Waals surface area contributed by atoms with E-state index in [4.69, 9.17) is 15.9 Å². The maximum absolute atomic E-state index is 12.8. The molecule has 0 aliphatic carbocycles. The maximum atomic E-state index is 12.8. The Morgan fingerprint density at radius 1 is 1.50 bits per heavy atom. The van der Waals surface area contributed by atoms with Gasteiger partial charge in [-0.1, -0.05) is 0 Å². The van der Waals surface area contributed by atoms with Crippen LogP contribution in [0.2, 0.25) is 0 Å². The molecule has 1 aromatic rings. The topological polar surface area (TPSA) is 75.2 Å². The van der Waals surface area contributed by atoms with Crippen molar-refractivity contribution in [2.24, 2.45) is 5.73 Å². The molecule has 0 bridgehead atoms. The van der Waals surface area contributed by atoms with Gasteiger partial charge in [-0.05, 0) is 19.1 Å². The maximum Gasteiger partial charge on any atom is 0.433 e. The summed E-state index contributed by atoms with van der Waals surface area (Å²) in [6.07, 6.45) is -4.53. The summed E-state index contributed by atoms with van der Waals surface area (Å²) in [6.45, 7) is 3.04. The number of halogens is 3. The number of rotatable bonds is 2. The van der Waals surface area contributed by atoms with Crippen molar-refractivity contribution in [3.05, 3.63) is 23.4 Å². The summed E-state index contributed by atoms with van der Waals surface area (Å²) in [6, 6.07) is 1.90.